The number of allylic oxidation sites excluding steroid dienone is 8. The van der Waals surface area contributed by atoms with Crippen molar-refractivity contribution < 1.29 is 52.2 Å². The molecule has 0 spiro atoms. The first-order valence-corrected chi connectivity index (χ1v) is 30.0. The molecule has 12 heteroatoms. The highest BCUT2D eigenvalue weighted by Crippen LogP contribution is 2.43. The summed E-state index contributed by atoms with van der Waals surface area (Å²) in [5.41, 5.74) is 0. The van der Waals surface area contributed by atoms with Gasteiger partial charge in [0.25, 0.3) is 0 Å². The van der Waals surface area contributed by atoms with Crippen LogP contribution < -0.4 is 0 Å². The van der Waals surface area contributed by atoms with Gasteiger partial charge < -0.3 is 24.2 Å². The van der Waals surface area contributed by atoms with Gasteiger partial charge in [-0.05, 0) is 96.3 Å². The topological polar surface area (TPSA) is 155 Å². The number of esters is 3. The molecule has 0 aromatic rings. The standard InChI is InChI=1S/C58H105O11P/c1-4-7-10-13-16-19-22-24-25-26-27-28-29-31-34-37-40-43-46-49-58(62)69-55(51-65-56(60)47-44-41-38-35-33-30-23-20-17-14-11-8-5-2)53-67-70(63,64)66-52-54(50-59)68-57(61)48-45-42-39-36-32-21-18-15-12-9-6-3/h15-16,18-20,23-25,54-55,59H,4-14,17,21-22,26-53H2,1-3H3,(H,63,64)/b18-15-,19-16-,23-20-,25-24-. The highest BCUT2D eigenvalue weighted by Gasteiger charge is 2.28. The van der Waals surface area contributed by atoms with E-state index in [0.29, 0.717) is 19.3 Å². The van der Waals surface area contributed by atoms with E-state index in [4.69, 9.17) is 23.3 Å². The number of carbonyl (C=O) groups excluding carboxylic acids is 3. The zero-order valence-electron chi connectivity index (χ0n) is 45.0. The maximum absolute atomic E-state index is 12.9. The van der Waals surface area contributed by atoms with Crippen LogP contribution >= 0.6 is 7.82 Å². The highest BCUT2D eigenvalue weighted by atomic mass is 31.2. The SMILES string of the molecule is CCCC/C=C\CCCCCCCC(=O)OC(CO)COP(=O)(O)OCC(COC(=O)CCCCCCC/C=C\CCCCCC)OC(=O)CCCCCCCCCCC/C=C\C/C=C\CCCCC. The second-order valence-corrected chi connectivity index (χ2v) is 20.5. The van der Waals surface area contributed by atoms with Crippen molar-refractivity contribution in [3.05, 3.63) is 48.6 Å². The Kier molecular flexibility index (Phi) is 50.8. The molecule has 3 unspecified atom stereocenters. The summed E-state index contributed by atoms with van der Waals surface area (Å²) in [5, 5.41) is 9.78. The van der Waals surface area contributed by atoms with Gasteiger partial charge in [0.2, 0.25) is 0 Å². The molecule has 3 atom stereocenters. The number of aliphatic hydroxyl groups excluding tert-OH is 1. The predicted molar refractivity (Wildman–Crippen MR) is 289 cm³/mol. The molecule has 0 aliphatic rings. The van der Waals surface area contributed by atoms with Gasteiger partial charge in [0, 0.05) is 19.3 Å². The van der Waals surface area contributed by atoms with Gasteiger partial charge in [-0.1, -0.05) is 198 Å². The van der Waals surface area contributed by atoms with Crippen LogP contribution in [-0.4, -0.2) is 66.5 Å². The van der Waals surface area contributed by atoms with Gasteiger partial charge in [-0.15, -0.1) is 0 Å². The number of aliphatic hydroxyl groups is 1. The third kappa shape index (κ3) is 50.4. The fraction of sp³-hybridized carbons (Fsp3) is 0.810. The molecule has 0 aromatic heterocycles. The number of phosphoric acid groups is 1. The smallest absolute Gasteiger partial charge is 0.462 e. The Morgan fingerprint density at radius 3 is 1.14 bits per heavy atom. The third-order valence-electron chi connectivity index (χ3n) is 12.2. The molecule has 0 rings (SSSR count). The third-order valence-corrected chi connectivity index (χ3v) is 13.1. The van der Waals surface area contributed by atoms with Crippen molar-refractivity contribution in [2.45, 2.75) is 277 Å². The maximum Gasteiger partial charge on any atom is 0.472 e. The molecule has 0 aliphatic carbocycles. The van der Waals surface area contributed by atoms with Crippen LogP contribution in [0.5, 0.6) is 0 Å². The quantitative estimate of drug-likeness (QED) is 0.0197. The van der Waals surface area contributed by atoms with E-state index in [0.717, 1.165) is 109 Å². The van der Waals surface area contributed by atoms with Crippen LogP contribution in [0.15, 0.2) is 48.6 Å². The highest BCUT2D eigenvalue weighted by molar-refractivity contribution is 7.47. The molecular formula is C58H105O11P. The van der Waals surface area contributed by atoms with Gasteiger partial charge in [-0.25, -0.2) is 4.57 Å². The molecule has 0 radical (unpaired) electrons. The van der Waals surface area contributed by atoms with Crippen molar-refractivity contribution in [1.82, 2.24) is 0 Å². The Hall–Kier alpha value is -2.56. The van der Waals surface area contributed by atoms with E-state index < -0.39 is 57.8 Å². The van der Waals surface area contributed by atoms with Gasteiger partial charge in [0.1, 0.15) is 12.7 Å². The number of ether oxygens (including phenoxy) is 3. The molecule has 2 N–H and O–H groups in total. The van der Waals surface area contributed by atoms with E-state index in [1.165, 1.54) is 96.3 Å². The Bertz CT molecular complexity index is 1360. The Morgan fingerprint density at radius 2 is 0.714 bits per heavy atom. The molecule has 11 nitrogen and oxygen atoms in total. The first kappa shape index (κ1) is 67.4. The number of carbonyl (C=O) groups is 3. The molecule has 0 saturated heterocycles. The second-order valence-electron chi connectivity index (χ2n) is 19.1. The lowest BCUT2D eigenvalue weighted by Crippen LogP contribution is -2.30. The molecule has 0 aromatic carbocycles. The normalized spacial score (nSPS) is 13.7. The average Bonchev–Trinajstić information content (AvgIpc) is 3.35. The number of phosphoric ester groups is 1. The van der Waals surface area contributed by atoms with Gasteiger partial charge >= 0.3 is 25.7 Å². The van der Waals surface area contributed by atoms with Crippen molar-refractivity contribution in [2.75, 3.05) is 26.4 Å². The molecule has 408 valence electrons. The van der Waals surface area contributed by atoms with Crippen molar-refractivity contribution in [1.29, 1.82) is 0 Å². The van der Waals surface area contributed by atoms with Gasteiger partial charge in [0.15, 0.2) is 6.10 Å². The molecule has 0 aliphatic heterocycles. The van der Waals surface area contributed by atoms with E-state index in [9.17, 15) is 28.9 Å². The summed E-state index contributed by atoms with van der Waals surface area (Å²) in [6, 6.07) is 0. The molecular weight excluding hydrogens is 904 g/mol. The summed E-state index contributed by atoms with van der Waals surface area (Å²) in [7, 11) is -4.75. The zero-order valence-corrected chi connectivity index (χ0v) is 45.9. The summed E-state index contributed by atoms with van der Waals surface area (Å²) < 4.78 is 39.4. The Labute approximate surface area is 428 Å². The van der Waals surface area contributed by atoms with E-state index >= 15 is 0 Å². The van der Waals surface area contributed by atoms with Crippen molar-refractivity contribution in [3.8, 4) is 0 Å². The van der Waals surface area contributed by atoms with Crippen LogP contribution in [0.25, 0.3) is 0 Å². The molecule has 0 bridgehead atoms. The summed E-state index contributed by atoms with van der Waals surface area (Å²) in [6.07, 6.45) is 55.0. The number of rotatable bonds is 53. The summed E-state index contributed by atoms with van der Waals surface area (Å²) >= 11 is 0. The van der Waals surface area contributed by atoms with E-state index in [-0.39, 0.29) is 25.9 Å². The van der Waals surface area contributed by atoms with Crippen molar-refractivity contribution >= 4 is 25.7 Å². The lowest BCUT2D eigenvalue weighted by Gasteiger charge is -2.21. The average molecular weight is 1010 g/mol. The largest absolute Gasteiger partial charge is 0.472 e. The van der Waals surface area contributed by atoms with Crippen LogP contribution in [0.4, 0.5) is 0 Å². The number of unbranched alkanes of at least 4 members (excludes halogenated alkanes) is 28. The van der Waals surface area contributed by atoms with Crippen molar-refractivity contribution in [3.63, 3.8) is 0 Å². The molecule has 0 fully saturated rings. The van der Waals surface area contributed by atoms with Gasteiger partial charge in [0.05, 0.1) is 19.8 Å². The molecule has 0 heterocycles. The van der Waals surface area contributed by atoms with Gasteiger partial charge in [-0.3, -0.25) is 23.4 Å². The summed E-state index contributed by atoms with van der Waals surface area (Å²) in [4.78, 5) is 48.4. The minimum Gasteiger partial charge on any atom is -0.462 e. The lowest BCUT2D eigenvalue weighted by atomic mass is 10.1. The maximum atomic E-state index is 12.9. The fourth-order valence-corrected chi connectivity index (χ4v) is 8.56. The summed E-state index contributed by atoms with van der Waals surface area (Å²) in [5.74, 6) is -1.48. The number of hydrogen-bond acceptors (Lipinski definition) is 10. The van der Waals surface area contributed by atoms with Crippen molar-refractivity contribution in [2.24, 2.45) is 0 Å². The minimum absolute atomic E-state index is 0.162. The predicted octanol–water partition coefficient (Wildman–Crippen LogP) is 16.6. The molecule has 0 saturated carbocycles. The Balaban J connectivity index is 4.72. The summed E-state index contributed by atoms with van der Waals surface area (Å²) in [6.45, 7) is 4.56. The van der Waals surface area contributed by atoms with Crippen LogP contribution in [0, 0.1) is 0 Å². The lowest BCUT2D eigenvalue weighted by molar-refractivity contribution is -0.161. The monoisotopic (exact) mass is 1010 g/mol. The fourth-order valence-electron chi connectivity index (χ4n) is 7.77. The minimum atomic E-state index is -4.75. The first-order valence-electron chi connectivity index (χ1n) is 28.5. The van der Waals surface area contributed by atoms with E-state index in [1.54, 1.807) is 0 Å². The Morgan fingerprint density at radius 1 is 0.400 bits per heavy atom. The van der Waals surface area contributed by atoms with Gasteiger partial charge in [-0.2, -0.15) is 0 Å². The molecule has 70 heavy (non-hydrogen) atoms. The molecule has 0 amide bonds. The van der Waals surface area contributed by atoms with Crippen LogP contribution in [0.3, 0.4) is 0 Å². The van der Waals surface area contributed by atoms with E-state index in [1.807, 2.05) is 0 Å². The first-order chi connectivity index (χ1) is 34.2. The second kappa shape index (κ2) is 52.8. The van der Waals surface area contributed by atoms with Crippen LogP contribution in [0.2, 0.25) is 0 Å². The van der Waals surface area contributed by atoms with Crippen LogP contribution in [-0.2, 0) is 42.2 Å². The van der Waals surface area contributed by atoms with Crippen LogP contribution in [0.1, 0.15) is 265 Å². The zero-order chi connectivity index (χ0) is 51.3. The van der Waals surface area contributed by atoms with E-state index in [2.05, 4.69) is 69.4 Å². The number of hydrogen-bond donors (Lipinski definition) is 2.